The van der Waals surface area contributed by atoms with Gasteiger partial charge in [-0.15, -0.1) is 0 Å². The number of hydrogen-bond acceptors (Lipinski definition) is 4. The molecule has 0 radical (unpaired) electrons. The second-order valence-corrected chi connectivity index (χ2v) is 5.75. The Bertz CT molecular complexity index is 1070. The van der Waals surface area contributed by atoms with Gasteiger partial charge in [0.15, 0.2) is 11.5 Å². The molecule has 4 heteroatoms. The van der Waals surface area contributed by atoms with E-state index >= 15 is 0 Å². The molecule has 4 rings (SSSR count). The average Bonchev–Trinajstić information content (AvgIpc) is 2.68. The first-order valence-electron chi connectivity index (χ1n) is 7.94. The van der Waals surface area contributed by atoms with Crippen LogP contribution in [0.2, 0.25) is 0 Å². The lowest BCUT2D eigenvalue weighted by molar-refractivity contribution is 0.103. The van der Waals surface area contributed by atoms with E-state index in [9.17, 15) is 4.79 Å². The number of hydrogen-bond donors (Lipinski definition) is 1. The number of fused-ring (bicyclic) bond motifs is 1. The van der Waals surface area contributed by atoms with Gasteiger partial charge in [0.05, 0.1) is 11.9 Å². The summed E-state index contributed by atoms with van der Waals surface area (Å²) < 4.78 is 0. The lowest BCUT2D eigenvalue weighted by Gasteiger charge is -2.07. The SMILES string of the molecule is Nc1ncc(-c2ccc3ccccc3c2)nc1C(=O)c1ccccc1. The fourth-order valence-corrected chi connectivity index (χ4v) is 2.78. The first-order valence-corrected chi connectivity index (χ1v) is 7.94. The number of rotatable bonds is 3. The number of carbonyl (C=O) groups excluding carboxylic acids is 1. The van der Waals surface area contributed by atoms with Crippen LogP contribution in [0.4, 0.5) is 5.82 Å². The van der Waals surface area contributed by atoms with Crippen molar-refractivity contribution < 1.29 is 4.79 Å². The molecule has 0 aliphatic heterocycles. The minimum Gasteiger partial charge on any atom is -0.382 e. The quantitative estimate of drug-likeness (QED) is 0.576. The number of benzene rings is 3. The van der Waals surface area contributed by atoms with Crippen molar-refractivity contribution in [1.82, 2.24) is 9.97 Å². The molecule has 0 unspecified atom stereocenters. The van der Waals surface area contributed by atoms with Crippen molar-refractivity contribution >= 4 is 22.4 Å². The highest BCUT2D eigenvalue weighted by atomic mass is 16.1. The minimum atomic E-state index is -0.228. The van der Waals surface area contributed by atoms with Crippen LogP contribution in [0.15, 0.2) is 79.0 Å². The van der Waals surface area contributed by atoms with E-state index < -0.39 is 0 Å². The van der Waals surface area contributed by atoms with Crippen LogP contribution in [0.5, 0.6) is 0 Å². The second-order valence-electron chi connectivity index (χ2n) is 5.75. The van der Waals surface area contributed by atoms with E-state index in [1.165, 1.54) is 0 Å². The lowest BCUT2D eigenvalue weighted by Crippen LogP contribution is -2.10. The van der Waals surface area contributed by atoms with Gasteiger partial charge in [-0.25, -0.2) is 9.97 Å². The molecule has 0 spiro atoms. The Morgan fingerprint density at radius 1 is 0.840 bits per heavy atom. The number of nitrogen functional groups attached to an aromatic ring is 1. The van der Waals surface area contributed by atoms with Crippen LogP contribution in [0.1, 0.15) is 16.1 Å². The smallest absolute Gasteiger partial charge is 0.215 e. The Hall–Kier alpha value is -3.53. The van der Waals surface area contributed by atoms with Crippen LogP contribution >= 0.6 is 0 Å². The molecule has 1 heterocycles. The van der Waals surface area contributed by atoms with Crippen LogP contribution < -0.4 is 5.73 Å². The van der Waals surface area contributed by atoms with Crippen LogP contribution in [-0.2, 0) is 0 Å². The summed E-state index contributed by atoms with van der Waals surface area (Å²) in [5.74, 6) is -0.0911. The van der Waals surface area contributed by atoms with E-state index in [0.29, 0.717) is 11.3 Å². The van der Waals surface area contributed by atoms with Crippen molar-refractivity contribution in [1.29, 1.82) is 0 Å². The molecule has 4 aromatic rings. The van der Waals surface area contributed by atoms with Gasteiger partial charge in [0.25, 0.3) is 0 Å². The fraction of sp³-hybridized carbons (Fsp3) is 0. The molecule has 1 aromatic heterocycles. The maximum absolute atomic E-state index is 12.7. The maximum Gasteiger partial charge on any atom is 0.215 e. The summed E-state index contributed by atoms with van der Waals surface area (Å²) in [5, 5.41) is 2.25. The Morgan fingerprint density at radius 3 is 2.36 bits per heavy atom. The van der Waals surface area contributed by atoms with E-state index in [1.54, 1.807) is 18.3 Å². The molecule has 120 valence electrons. The van der Waals surface area contributed by atoms with Gasteiger partial charge in [-0.3, -0.25) is 4.79 Å². The molecular weight excluding hydrogens is 310 g/mol. The molecular formula is C21H15N3O. The number of carbonyl (C=O) groups is 1. The first kappa shape index (κ1) is 15.0. The monoisotopic (exact) mass is 325 g/mol. The van der Waals surface area contributed by atoms with Gasteiger partial charge in [-0.2, -0.15) is 0 Å². The highest BCUT2D eigenvalue weighted by Crippen LogP contribution is 2.24. The number of aromatic nitrogens is 2. The molecule has 3 aromatic carbocycles. The highest BCUT2D eigenvalue weighted by Gasteiger charge is 2.16. The van der Waals surface area contributed by atoms with Gasteiger partial charge in [0.1, 0.15) is 0 Å². The molecule has 0 aliphatic carbocycles. The third kappa shape index (κ3) is 2.85. The largest absolute Gasteiger partial charge is 0.382 e. The van der Waals surface area contributed by atoms with E-state index in [-0.39, 0.29) is 17.3 Å². The average molecular weight is 325 g/mol. The molecule has 0 saturated carbocycles. The van der Waals surface area contributed by atoms with E-state index in [0.717, 1.165) is 16.3 Å². The summed E-state index contributed by atoms with van der Waals surface area (Å²) in [7, 11) is 0. The summed E-state index contributed by atoms with van der Waals surface area (Å²) in [6, 6.07) is 23.1. The molecule has 0 atom stereocenters. The second kappa shape index (κ2) is 6.17. The van der Waals surface area contributed by atoms with Crippen LogP contribution in [-0.4, -0.2) is 15.8 Å². The third-order valence-corrected chi connectivity index (χ3v) is 4.10. The van der Waals surface area contributed by atoms with Gasteiger partial charge >= 0.3 is 0 Å². The summed E-state index contributed by atoms with van der Waals surface area (Å²) in [6.45, 7) is 0. The molecule has 0 amide bonds. The number of ketones is 1. The molecule has 4 nitrogen and oxygen atoms in total. The van der Waals surface area contributed by atoms with Crippen LogP contribution in [0.3, 0.4) is 0 Å². The summed E-state index contributed by atoms with van der Waals surface area (Å²) in [4.78, 5) is 21.3. The number of anilines is 1. The van der Waals surface area contributed by atoms with E-state index in [1.807, 2.05) is 54.6 Å². The molecule has 25 heavy (non-hydrogen) atoms. The number of nitrogens with two attached hydrogens (primary N) is 1. The highest BCUT2D eigenvalue weighted by molar-refractivity contribution is 6.10. The van der Waals surface area contributed by atoms with Crippen molar-refractivity contribution in [2.45, 2.75) is 0 Å². The summed E-state index contributed by atoms with van der Waals surface area (Å²) in [6.07, 6.45) is 1.60. The molecule has 0 saturated heterocycles. The molecule has 0 aliphatic rings. The van der Waals surface area contributed by atoms with Gasteiger partial charge in [-0.1, -0.05) is 66.7 Å². The van der Waals surface area contributed by atoms with Crippen molar-refractivity contribution in [2.75, 3.05) is 5.73 Å². The Morgan fingerprint density at radius 2 is 1.56 bits per heavy atom. The van der Waals surface area contributed by atoms with Crippen LogP contribution in [0, 0.1) is 0 Å². The third-order valence-electron chi connectivity index (χ3n) is 4.10. The van der Waals surface area contributed by atoms with E-state index in [4.69, 9.17) is 5.73 Å². The zero-order chi connectivity index (χ0) is 17.2. The first-order chi connectivity index (χ1) is 12.2. The number of nitrogens with zero attached hydrogens (tertiary/aromatic N) is 2. The van der Waals surface area contributed by atoms with Crippen molar-refractivity contribution in [3.05, 3.63) is 90.3 Å². The summed E-state index contributed by atoms with van der Waals surface area (Å²) in [5.41, 5.74) is 8.14. The zero-order valence-electron chi connectivity index (χ0n) is 13.4. The van der Waals surface area contributed by atoms with Gasteiger partial charge in [0.2, 0.25) is 5.78 Å². The van der Waals surface area contributed by atoms with Crippen molar-refractivity contribution in [3.63, 3.8) is 0 Å². The summed E-state index contributed by atoms with van der Waals surface area (Å²) >= 11 is 0. The molecule has 0 fully saturated rings. The van der Waals surface area contributed by atoms with Gasteiger partial charge in [-0.05, 0) is 16.8 Å². The fourth-order valence-electron chi connectivity index (χ4n) is 2.78. The Labute approximate surface area is 145 Å². The maximum atomic E-state index is 12.7. The molecule has 0 bridgehead atoms. The normalized spacial score (nSPS) is 10.7. The van der Waals surface area contributed by atoms with Crippen LogP contribution in [0.25, 0.3) is 22.0 Å². The Kier molecular flexibility index (Phi) is 3.71. The van der Waals surface area contributed by atoms with Crippen molar-refractivity contribution in [2.24, 2.45) is 0 Å². The topological polar surface area (TPSA) is 68.9 Å². The van der Waals surface area contributed by atoms with E-state index in [2.05, 4.69) is 16.0 Å². The van der Waals surface area contributed by atoms with Gasteiger partial charge < -0.3 is 5.73 Å². The minimum absolute atomic E-state index is 0.137. The standard InChI is InChI=1S/C21H15N3O/c22-21-19(20(25)15-7-2-1-3-8-15)24-18(13-23-21)17-11-10-14-6-4-5-9-16(14)12-17/h1-13H,(H2,22,23). The predicted octanol–water partition coefficient (Wildman–Crippen LogP) is 4.11. The Balaban J connectivity index is 1.79. The van der Waals surface area contributed by atoms with Gasteiger partial charge in [0, 0.05) is 11.1 Å². The molecule has 2 N–H and O–H groups in total. The predicted molar refractivity (Wildman–Crippen MR) is 99.3 cm³/mol. The lowest BCUT2D eigenvalue weighted by atomic mass is 10.0. The zero-order valence-corrected chi connectivity index (χ0v) is 13.4. The van der Waals surface area contributed by atoms with Crippen molar-refractivity contribution in [3.8, 4) is 11.3 Å².